The predicted octanol–water partition coefficient (Wildman–Crippen LogP) is 7.69. The molecule has 46 heavy (non-hydrogen) atoms. The third-order valence-corrected chi connectivity index (χ3v) is 14.4. The van der Waals surface area contributed by atoms with Gasteiger partial charge in [0.2, 0.25) is 0 Å². The lowest BCUT2D eigenvalue weighted by atomic mass is 10.1. The Morgan fingerprint density at radius 2 is 0.587 bits per heavy atom. The maximum absolute atomic E-state index is 15.0. The van der Waals surface area contributed by atoms with Crippen LogP contribution >= 0.6 is 14.3 Å². The molecule has 0 aliphatic carbocycles. The molecule has 7 rings (SSSR count). The summed E-state index contributed by atoms with van der Waals surface area (Å²) < 4.78 is 30.0. The first kappa shape index (κ1) is 29.6. The molecule has 6 aromatic carbocycles. The van der Waals surface area contributed by atoms with Crippen LogP contribution in [0, 0.1) is 0 Å². The summed E-state index contributed by atoms with van der Waals surface area (Å²) in [6.45, 7) is 0. The van der Waals surface area contributed by atoms with Gasteiger partial charge in [0.25, 0.3) is 0 Å². The summed E-state index contributed by atoms with van der Waals surface area (Å²) in [5.41, 5.74) is 3.29. The van der Waals surface area contributed by atoms with E-state index in [-0.39, 0.29) is 0 Å². The minimum Gasteiger partial charge on any atom is -0.309 e. The molecule has 222 valence electrons. The molecule has 0 fully saturated rings. The Morgan fingerprint density at radius 3 is 0.913 bits per heavy atom. The molecule has 1 aromatic heterocycles. The Morgan fingerprint density at radius 1 is 0.304 bits per heavy atom. The van der Waals surface area contributed by atoms with E-state index in [0.717, 1.165) is 54.3 Å². The first-order chi connectivity index (χ1) is 22.6. The second kappa shape index (κ2) is 12.7. The fourth-order valence-electron chi connectivity index (χ4n) is 5.92. The number of pyridine rings is 1. The quantitative estimate of drug-likeness (QED) is 0.162. The van der Waals surface area contributed by atoms with Crippen LogP contribution in [0.2, 0.25) is 0 Å². The van der Waals surface area contributed by atoms with Crippen LogP contribution in [0.5, 0.6) is 0 Å². The van der Waals surface area contributed by atoms with Crippen LogP contribution in [-0.4, -0.2) is 4.98 Å². The van der Waals surface area contributed by atoms with Gasteiger partial charge in [-0.3, -0.25) is 0 Å². The van der Waals surface area contributed by atoms with Crippen LogP contribution in [-0.2, 0) is 9.13 Å². The number of benzene rings is 6. The summed E-state index contributed by atoms with van der Waals surface area (Å²) in [7, 11) is -6.27. The zero-order valence-corrected chi connectivity index (χ0v) is 26.8. The molecule has 0 atom stereocenters. The molecule has 7 aromatic rings. The van der Waals surface area contributed by atoms with Gasteiger partial charge in [0.15, 0.2) is 14.3 Å². The molecule has 0 aliphatic heterocycles. The third-order valence-electron chi connectivity index (χ3n) is 8.24. The number of hydrogen-bond acceptors (Lipinski definition) is 3. The van der Waals surface area contributed by atoms with Gasteiger partial charge in [-0.05, 0) is 24.3 Å². The monoisotopic (exact) mass is 631 g/mol. The van der Waals surface area contributed by atoms with Crippen molar-refractivity contribution in [3.8, 4) is 22.5 Å². The fourth-order valence-corrected chi connectivity index (χ4v) is 11.3. The summed E-state index contributed by atoms with van der Waals surface area (Å²) in [5, 5.41) is 4.67. The molecule has 0 unspecified atom stereocenters. The van der Waals surface area contributed by atoms with Crippen molar-refractivity contribution in [1.82, 2.24) is 4.98 Å². The van der Waals surface area contributed by atoms with E-state index < -0.39 is 14.3 Å². The maximum atomic E-state index is 15.0. The molecule has 0 N–H and O–H groups in total. The fraction of sp³-hybridized carbons (Fsp3) is 0. The number of nitrogens with zero attached hydrogens (tertiary/aromatic N) is 1. The van der Waals surface area contributed by atoms with E-state index in [0.29, 0.717) is 0 Å². The average molecular weight is 632 g/mol. The molecule has 0 bridgehead atoms. The minimum atomic E-state index is -3.14. The van der Waals surface area contributed by atoms with Crippen molar-refractivity contribution in [2.75, 3.05) is 0 Å². The lowest BCUT2D eigenvalue weighted by molar-refractivity contribution is 0.591. The van der Waals surface area contributed by atoms with E-state index in [1.54, 1.807) is 0 Å². The number of aromatic nitrogens is 1. The molecular weight excluding hydrogens is 600 g/mol. The largest absolute Gasteiger partial charge is 0.309 e. The molecule has 3 nitrogen and oxygen atoms in total. The Balaban J connectivity index is 1.31. The second-order valence-electron chi connectivity index (χ2n) is 11.1. The summed E-state index contributed by atoms with van der Waals surface area (Å²) in [4.78, 5) is 5.07. The number of hydrogen-bond donors (Lipinski definition) is 0. The molecule has 0 spiro atoms. The first-order valence-corrected chi connectivity index (χ1v) is 18.6. The first-order valence-electron chi connectivity index (χ1n) is 15.2. The van der Waals surface area contributed by atoms with Crippen LogP contribution in [0.15, 0.2) is 188 Å². The van der Waals surface area contributed by atoms with Crippen LogP contribution in [0.1, 0.15) is 0 Å². The summed E-state index contributed by atoms with van der Waals surface area (Å²) in [6, 6.07) is 60.5. The van der Waals surface area contributed by atoms with Gasteiger partial charge >= 0.3 is 0 Å². The van der Waals surface area contributed by atoms with Crippen molar-refractivity contribution >= 4 is 46.1 Å². The molecule has 0 aliphatic rings. The third kappa shape index (κ3) is 5.50. The Hall–Kier alpha value is -5.07. The molecule has 5 heteroatoms. The number of rotatable bonds is 8. The zero-order valence-electron chi connectivity index (χ0n) is 25.1. The van der Waals surface area contributed by atoms with Gasteiger partial charge in [-0.15, -0.1) is 0 Å². The standard InChI is InChI=1S/C41H31NO2P2/c43-45(34-18-5-1-6-19-34,35-20-7-2-8-21-35)38-26-13-16-32(30-38)40-28-15-29-41(42-40)33-17-14-27-39(31-33)46(44,36-22-9-3-10-23-36)37-24-11-4-12-25-37/h1-31H. The highest BCUT2D eigenvalue weighted by atomic mass is 31.2. The smallest absolute Gasteiger partial charge is 0.171 e. The van der Waals surface area contributed by atoms with Gasteiger partial charge in [-0.2, -0.15) is 0 Å². The Labute approximate surface area is 270 Å². The van der Waals surface area contributed by atoms with Gasteiger partial charge in [-0.1, -0.05) is 164 Å². The van der Waals surface area contributed by atoms with E-state index in [9.17, 15) is 0 Å². The molecule has 0 amide bonds. The molecule has 0 radical (unpaired) electrons. The normalized spacial score (nSPS) is 11.7. The highest BCUT2D eigenvalue weighted by Gasteiger charge is 2.31. The minimum absolute atomic E-state index is 0.753. The lowest BCUT2D eigenvalue weighted by Gasteiger charge is -2.21. The van der Waals surface area contributed by atoms with Crippen molar-refractivity contribution in [2.24, 2.45) is 0 Å². The van der Waals surface area contributed by atoms with Gasteiger partial charge < -0.3 is 9.13 Å². The van der Waals surface area contributed by atoms with E-state index in [1.807, 2.05) is 188 Å². The predicted molar refractivity (Wildman–Crippen MR) is 194 cm³/mol. The van der Waals surface area contributed by atoms with Gasteiger partial charge in [0, 0.05) is 43.0 Å². The van der Waals surface area contributed by atoms with Crippen molar-refractivity contribution in [1.29, 1.82) is 0 Å². The van der Waals surface area contributed by atoms with E-state index in [4.69, 9.17) is 4.98 Å². The van der Waals surface area contributed by atoms with Crippen molar-refractivity contribution in [3.05, 3.63) is 188 Å². The highest BCUT2D eigenvalue weighted by Crippen LogP contribution is 2.44. The summed E-state index contributed by atoms with van der Waals surface area (Å²) in [5.74, 6) is 0. The second-order valence-corrected chi connectivity index (χ2v) is 16.6. The highest BCUT2D eigenvalue weighted by molar-refractivity contribution is 7.85. The SMILES string of the molecule is O=P(c1ccccc1)(c1ccccc1)c1cccc(-c2cccc(-c3cccc(P(=O)(c4ccccc4)c4ccccc4)c3)n2)c1. The zero-order chi connectivity index (χ0) is 31.4. The van der Waals surface area contributed by atoms with Crippen molar-refractivity contribution in [2.45, 2.75) is 0 Å². The maximum Gasteiger partial charge on any atom is 0.171 e. The van der Waals surface area contributed by atoms with E-state index >= 15 is 9.13 Å². The van der Waals surface area contributed by atoms with Crippen LogP contribution in [0.4, 0.5) is 0 Å². The van der Waals surface area contributed by atoms with Gasteiger partial charge in [-0.25, -0.2) is 4.98 Å². The molecule has 1 heterocycles. The Kier molecular flexibility index (Phi) is 8.20. The molecule has 0 saturated heterocycles. The van der Waals surface area contributed by atoms with Crippen molar-refractivity contribution in [3.63, 3.8) is 0 Å². The molecular formula is C41H31NO2P2. The topological polar surface area (TPSA) is 47.0 Å². The molecule has 0 saturated carbocycles. The van der Waals surface area contributed by atoms with E-state index in [2.05, 4.69) is 0 Å². The Bertz CT molecular complexity index is 1960. The van der Waals surface area contributed by atoms with Crippen LogP contribution < -0.4 is 31.8 Å². The van der Waals surface area contributed by atoms with Gasteiger partial charge in [0.05, 0.1) is 11.4 Å². The van der Waals surface area contributed by atoms with Crippen LogP contribution in [0.25, 0.3) is 22.5 Å². The summed E-state index contributed by atoms with van der Waals surface area (Å²) >= 11 is 0. The van der Waals surface area contributed by atoms with Crippen molar-refractivity contribution < 1.29 is 9.13 Å². The lowest BCUT2D eigenvalue weighted by Crippen LogP contribution is -2.25. The average Bonchev–Trinajstić information content (AvgIpc) is 3.16. The van der Waals surface area contributed by atoms with E-state index in [1.165, 1.54) is 0 Å². The van der Waals surface area contributed by atoms with Gasteiger partial charge in [0.1, 0.15) is 0 Å². The van der Waals surface area contributed by atoms with Crippen LogP contribution in [0.3, 0.4) is 0 Å². The summed E-state index contributed by atoms with van der Waals surface area (Å²) in [6.07, 6.45) is 0.